The summed E-state index contributed by atoms with van der Waals surface area (Å²) in [5, 5.41) is 10.1. The number of nitrogens with one attached hydrogen (secondary N) is 2. The van der Waals surface area contributed by atoms with Crippen molar-refractivity contribution >= 4 is 21.8 Å². The number of rotatable bonds is 5. The van der Waals surface area contributed by atoms with Gasteiger partial charge in [0.15, 0.2) is 0 Å². The van der Waals surface area contributed by atoms with Crippen molar-refractivity contribution in [3.8, 4) is 33.6 Å². The molecule has 0 radical (unpaired) electrons. The first kappa shape index (κ1) is 20.3. The minimum absolute atomic E-state index is 0.856. The molecule has 34 heavy (non-hydrogen) atoms. The van der Waals surface area contributed by atoms with Gasteiger partial charge in [-0.1, -0.05) is 18.2 Å². The predicted molar refractivity (Wildman–Crippen MR) is 137 cm³/mol. The smallest absolute Gasteiger partial charge is 0.116 e. The van der Waals surface area contributed by atoms with Crippen molar-refractivity contribution in [1.82, 2.24) is 30.0 Å². The van der Waals surface area contributed by atoms with E-state index in [2.05, 4.69) is 92.7 Å². The van der Waals surface area contributed by atoms with Crippen LogP contribution in [-0.2, 0) is 6.54 Å². The van der Waals surface area contributed by atoms with Crippen LogP contribution in [-0.4, -0.2) is 44.1 Å². The van der Waals surface area contributed by atoms with E-state index in [-0.39, 0.29) is 0 Å². The van der Waals surface area contributed by atoms with Gasteiger partial charge < -0.3 is 9.88 Å². The van der Waals surface area contributed by atoms with E-state index in [4.69, 9.17) is 0 Å². The summed E-state index contributed by atoms with van der Waals surface area (Å²) in [4.78, 5) is 14.3. The molecule has 0 spiro atoms. The van der Waals surface area contributed by atoms with Gasteiger partial charge in [-0.05, 0) is 78.8 Å². The van der Waals surface area contributed by atoms with E-state index in [1.165, 1.54) is 11.1 Å². The van der Waals surface area contributed by atoms with Crippen LogP contribution in [0.1, 0.15) is 5.56 Å². The number of aromatic nitrogens is 5. The predicted octanol–water partition coefficient (Wildman–Crippen LogP) is 5.90. The van der Waals surface area contributed by atoms with Gasteiger partial charge in [-0.15, -0.1) is 0 Å². The van der Waals surface area contributed by atoms with Crippen molar-refractivity contribution in [2.75, 3.05) is 14.1 Å². The van der Waals surface area contributed by atoms with E-state index in [0.29, 0.717) is 0 Å². The van der Waals surface area contributed by atoms with Gasteiger partial charge in [0.05, 0.1) is 11.2 Å². The fraction of sp³-hybridized carbons (Fsp3) is 0.107. The summed E-state index contributed by atoms with van der Waals surface area (Å²) in [5.41, 5.74) is 9.71. The molecule has 2 aromatic carbocycles. The second-order valence-corrected chi connectivity index (χ2v) is 8.84. The maximum Gasteiger partial charge on any atom is 0.116 e. The monoisotopic (exact) mass is 444 g/mol. The van der Waals surface area contributed by atoms with Gasteiger partial charge in [0.2, 0.25) is 0 Å². The number of aromatic amines is 2. The first-order valence-corrected chi connectivity index (χ1v) is 11.3. The average Bonchev–Trinajstić information content (AvgIpc) is 3.48. The lowest BCUT2D eigenvalue weighted by atomic mass is 10.0. The van der Waals surface area contributed by atoms with Crippen LogP contribution < -0.4 is 0 Å². The Balaban J connectivity index is 1.45. The number of H-pyrrole nitrogens is 2. The highest BCUT2D eigenvalue weighted by molar-refractivity contribution is 6.01. The highest BCUT2D eigenvalue weighted by atomic mass is 15.1. The average molecular weight is 445 g/mol. The van der Waals surface area contributed by atoms with E-state index in [9.17, 15) is 0 Å². The van der Waals surface area contributed by atoms with E-state index < -0.39 is 0 Å². The Morgan fingerprint density at radius 2 is 1.65 bits per heavy atom. The molecule has 4 aromatic heterocycles. The molecule has 0 aliphatic carbocycles. The zero-order chi connectivity index (χ0) is 23.1. The van der Waals surface area contributed by atoms with Crippen LogP contribution in [0.3, 0.4) is 0 Å². The third-order valence-electron chi connectivity index (χ3n) is 6.10. The molecule has 0 fully saturated rings. The molecule has 6 nitrogen and oxygen atoms in total. The molecule has 6 rings (SSSR count). The summed E-state index contributed by atoms with van der Waals surface area (Å²) < 4.78 is 0. The Bertz CT molecular complexity index is 1610. The van der Waals surface area contributed by atoms with Crippen LogP contribution >= 0.6 is 0 Å². The Kier molecular flexibility index (Phi) is 4.93. The van der Waals surface area contributed by atoms with E-state index in [1.54, 1.807) is 0 Å². The van der Waals surface area contributed by atoms with Gasteiger partial charge in [-0.25, -0.2) is 0 Å². The van der Waals surface area contributed by atoms with Crippen LogP contribution in [0.2, 0.25) is 0 Å². The van der Waals surface area contributed by atoms with Crippen molar-refractivity contribution in [2.45, 2.75) is 6.54 Å². The number of nitrogens with zero attached hydrogens (tertiary/aromatic N) is 4. The van der Waals surface area contributed by atoms with Gasteiger partial charge in [0.25, 0.3) is 0 Å². The van der Waals surface area contributed by atoms with Crippen molar-refractivity contribution < 1.29 is 0 Å². The summed E-state index contributed by atoms with van der Waals surface area (Å²) in [6, 6.07) is 21.2. The minimum Gasteiger partial charge on any atom is -0.353 e. The number of hydrogen-bond acceptors (Lipinski definition) is 4. The van der Waals surface area contributed by atoms with E-state index in [0.717, 1.165) is 56.4 Å². The second kappa shape index (κ2) is 8.24. The molecule has 0 aliphatic heterocycles. The lowest BCUT2D eigenvalue weighted by Crippen LogP contribution is -2.10. The van der Waals surface area contributed by atoms with Crippen LogP contribution in [0.15, 0.2) is 85.5 Å². The Morgan fingerprint density at radius 1 is 0.765 bits per heavy atom. The Labute approximate surface area is 197 Å². The van der Waals surface area contributed by atoms with E-state index >= 15 is 0 Å². The summed E-state index contributed by atoms with van der Waals surface area (Å²) in [7, 11) is 4.13. The van der Waals surface area contributed by atoms with Crippen LogP contribution in [0.4, 0.5) is 0 Å². The maximum absolute atomic E-state index is 4.67. The quantitative estimate of drug-likeness (QED) is 0.347. The zero-order valence-corrected chi connectivity index (χ0v) is 19.1. The SMILES string of the molecule is CN(C)Cc1cncc(-c2ccc3[nH]nc(-c4cc5c(-c6ccncc6)cccc5[nH]4)c3c2)c1. The molecule has 166 valence electrons. The lowest BCUT2D eigenvalue weighted by Gasteiger charge is -2.10. The maximum atomic E-state index is 4.67. The summed E-state index contributed by atoms with van der Waals surface area (Å²) in [6.07, 6.45) is 7.50. The number of fused-ring (bicyclic) bond motifs is 2. The molecular weight excluding hydrogens is 420 g/mol. The van der Waals surface area contributed by atoms with Gasteiger partial charge in [-0.3, -0.25) is 15.1 Å². The molecule has 6 aromatic rings. The van der Waals surface area contributed by atoms with Gasteiger partial charge in [0.1, 0.15) is 5.69 Å². The third-order valence-corrected chi connectivity index (χ3v) is 6.10. The zero-order valence-electron chi connectivity index (χ0n) is 19.1. The first-order valence-electron chi connectivity index (χ1n) is 11.3. The molecule has 0 atom stereocenters. The molecule has 2 N–H and O–H groups in total. The van der Waals surface area contributed by atoms with Crippen molar-refractivity contribution in [2.24, 2.45) is 0 Å². The first-order chi connectivity index (χ1) is 16.7. The van der Waals surface area contributed by atoms with Gasteiger partial charge in [0, 0.05) is 53.2 Å². The molecule has 6 heteroatoms. The molecule has 0 unspecified atom stereocenters. The Morgan fingerprint density at radius 3 is 2.50 bits per heavy atom. The van der Waals surface area contributed by atoms with Gasteiger partial charge >= 0.3 is 0 Å². The number of benzene rings is 2. The normalized spacial score (nSPS) is 11.6. The highest BCUT2D eigenvalue weighted by Gasteiger charge is 2.14. The van der Waals surface area contributed by atoms with Crippen molar-refractivity contribution in [1.29, 1.82) is 0 Å². The number of pyridine rings is 2. The molecule has 0 amide bonds. The molecule has 0 saturated carbocycles. The van der Waals surface area contributed by atoms with Gasteiger partial charge in [-0.2, -0.15) is 5.10 Å². The third kappa shape index (κ3) is 3.64. The fourth-order valence-corrected chi connectivity index (χ4v) is 4.56. The lowest BCUT2D eigenvalue weighted by molar-refractivity contribution is 0.402. The molecule has 0 bridgehead atoms. The highest BCUT2D eigenvalue weighted by Crippen LogP contribution is 2.35. The van der Waals surface area contributed by atoms with Crippen LogP contribution in [0, 0.1) is 0 Å². The standard InChI is InChI=1S/C28H24N6/c1-34(2)17-18-12-21(16-30-15-18)20-6-7-26-24(13-20)28(33-32-26)27-14-23-22(4-3-5-25(23)31-27)19-8-10-29-11-9-19/h3-16,31H,17H2,1-2H3,(H,32,33). The summed E-state index contributed by atoms with van der Waals surface area (Å²) >= 11 is 0. The van der Waals surface area contributed by atoms with E-state index in [1.807, 2.05) is 36.9 Å². The largest absolute Gasteiger partial charge is 0.353 e. The molecular formula is C28H24N6. The summed E-state index contributed by atoms with van der Waals surface area (Å²) in [5.74, 6) is 0. The molecule has 0 saturated heterocycles. The van der Waals surface area contributed by atoms with Crippen molar-refractivity contribution in [3.05, 3.63) is 91.0 Å². The summed E-state index contributed by atoms with van der Waals surface area (Å²) in [6.45, 7) is 0.856. The number of hydrogen-bond donors (Lipinski definition) is 2. The fourth-order valence-electron chi connectivity index (χ4n) is 4.56. The minimum atomic E-state index is 0.856. The van der Waals surface area contributed by atoms with Crippen molar-refractivity contribution in [3.63, 3.8) is 0 Å². The van der Waals surface area contributed by atoms with Crippen LogP contribution in [0.25, 0.3) is 55.4 Å². The molecule has 4 heterocycles. The second-order valence-electron chi connectivity index (χ2n) is 8.84. The Hall–Kier alpha value is -4.29. The van der Waals surface area contributed by atoms with Crippen LogP contribution in [0.5, 0.6) is 0 Å². The molecule has 0 aliphatic rings. The topological polar surface area (TPSA) is 73.5 Å².